The third kappa shape index (κ3) is 6.76. The highest BCUT2D eigenvalue weighted by Crippen LogP contribution is 2.23. The van der Waals surface area contributed by atoms with Crippen LogP contribution >= 0.6 is 0 Å². The number of benzene rings is 3. The zero-order valence-corrected chi connectivity index (χ0v) is 21.0. The Bertz CT molecular complexity index is 1330. The number of ether oxygens (including phenoxy) is 3. The minimum absolute atomic E-state index is 0.0855. The summed E-state index contributed by atoms with van der Waals surface area (Å²) in [6, 6.07) is 24.1. The summed E-state index contributed by atoms with van der Waals surface area (Å²) in [5.41, 5.74) is 3.18. The van der Waals surface area contributed by atoms with Crippen LogP contribution in [0.15, 0.2) is 88.4 Å². The number of methoxy groups -OCH3 is 1. The van der Waals surface area contributed by atoms with Gasteiger partial charge in [0, 0.05) is 11.1 Å². The number of oxime groups is 1. The Labute approximate surface area is 215 Å². The maximum atomic E-state index is 12.4. The van der Waals surface area contributed by atoms with E-state index >= 15 is 0 Å². The lowest BCUT2D eigenvalue weighted by atomic mass is 10.1. The summed E-state index contributed by atoms with van der Waals surface area (Å²) in [5, 5.41) is 4.05. The van der Waals surface area contributed by atoms with Gasteiger partial charge in [-0.25, -0.2) is 9.78 Å². The van der Waals surface area contributed by atoms with E-state index in [0.29, 0.717) is 23.0 Å². The van der Waals surface area contributed by atoms with Crippen LogP contribution in [-0.4, -0.2) is 30.4 Å². The Hall–Kier alpha value is -4.59. The van der Waals surface area contributed by atoms with E-state index in [2.05, 4.69) is 10.1 Å². The number of carbonyl (C=O) groups is 1. The van der Waals surface area contributed by atoms with Crippen molar-refractivity contribution >= 4 is 11.7 Å². The molecule has 0 saturated heterocycles. The average Bonchev–Trinajstić information content (AvgIpc) is 3.31. The lowest BCUT2D eigenvalue weighted by molar-refractivity contribution is -0.135. The minimum atomic E-state index is -0.560. The lowest BCUT2D eigenvalue weighted by Gasteiger charge is -2.08. The van der Waals surface area contributed by atoms with Crippen LogP contribution in [-0.2, 0) is 27.6 Å². The molecule has 190 valence electrons. The monoisotopic (exact) mass is 500 g/mol. The summed E-state index contributed by atoms with van der Waals surface area (Å²) < 4.78 is 22.0. The van der Waals surface area contributed by atoms with E-state index in [1.54, 1.807) is 38.3 Å². The van der Waals surface area contributed by atoms with Crippen LogP contribution in [0.2, 0.25) is 0 Å². The van der Waals surface area contributed by atoms with E-state index in [4.69, 9.17) is 23.5 Å². The fourth-order valence-corrected chi connectivity index (χ4v) is 3.43. The van der Waals surface area contributed by atoms with Crippen molar-refractivity contribution in [3.63, 3.8) is 0 Å². The van der Waals surface area contributed by atoms with Gasteiger partial charge < -0.3 is 23.5 Å². The molecule has 0 spiro atoms. The van der Waals surface area contributed by atoms with Gasteiger partial charge in [-0.05, 0) is 67.9 Å². The van der Waals surface area contributed by atoms with Gasteiger partial charge in [0.25, 0.3) is 0 Å². The second-order valence-corrected chi connectivity index (χ2v) is 7.98. The molecule has 0 aliphatic heterocycles. The summed E-state index contributed by atoms with van der Waals surface area (Å²) >= 11 is 0. The highest BCUT2D eigenvalue weighted by Gasteiger charge is 2.17. The molecule has 0 aliphatic carbocycles. The van der Waals surface area contributed by atoms with Crippen LogP contribution < -0.4 is 9.47 Å². The molecular weight excluding hydrogens is 472 g/mol. The van der Waals surface area contributed by atoms with Crippen LogP contribution in [0.1, 0.15) is 29.5 Å². The minimum Gasteiger partial charge on any atom is -0.497 e. The second-order valence-electron chi connectivity index (χ2n) is 7.98. The van der Waals surface area contributed by atoms with Gasteiger partial charge in [0.05, 0.1) is 13.7 Å². The van der Waals surface area contributed by atoms with Gasteiger partial charge in [0.2, 0.25) is 5.89 Å². The van der Waals surface area contributed by atoms with Gasteiger partial charge in [-0.3, -0.25) is 0 Å². The lowest BCUT2D eigenvalue weighted by Crippen LogP contribution is -2.19. The number of esters is 1. The van der Waals surface area contributed by atoms with Gasteiger partial charge in [-0.1, -0.05) is 35.5 Å². The molecule has 4 aromatic rings. The second kappa shape index (κ2) is 12.4. The fourth-order valence-electron chi connectivity index (χ4n) is 3.43. The average molecular weight is 501 g/mol. The van der Waals surface area contributed by atoms with Crippen molar-refractivity contribution in [2.75, 3.05) is 13.7 Å². The number of hydrogen-bond acceptors (Lipinski definition) is 8. The zero-order chi connectivity index (χ0) is 26.0. The predicted octanol–water partition coefficient (Wildman–Crippen LogP) is 5.72. The molecule has 0 atom stereocenters. The van der Waals surface area contributed by atoms with Crippen LogP contribution in [0.3, 0.4) is 0 Å². The smallest absolute Gasteiger partial charge is 0.361 e. The molecule has 0 aliphatic rings. The first-order chi connectivity index (χ1) is 18.1. The van der Waals surface area contributed by atoms with Crippen LogP contribution in [0, 0.1) is 6.92 Å². The molecule has 3 aromatic carbocycles. The number of hydrogen-bond donors (Lipinski definition) is 0. The Morgan fingerprint density at radius 2 is 1.62 bits per heavy atom. The van der Waals surface area contributed by atoms with E-state index in [1.165, 1.54) is 0 Å². The number of aryl methyl sites for hydroxylation is 1. The molecule has 0 radical (unpaired) electrons. The van der Waals surface area contributed by atoms with E-state index in [9.17, 15) is 4.79 Å². The molecule has 0 N–H and O–H groups in total. The molecule has 0 saturated carbocycles. The summed E-state index contributed by atoms with van der Waals surface area (Å²) in [4.78, 5) is 22.4. The molecule has 1 heterocycles. The molecule has 37 heavy (non-hydrogen) atoms. The Kier molecular flexibility index (Phi) is 8.54. The fraction of sp³-hybridized carbons (Fsp3) is 0.207. The first-order valence-corrected chi connectivity index (χ1v) is 11.8. The van der Waals surface area contributed by atoms with Gasteiger partial charge in [0.1, 0.15) is 36.2 Å². The van der Waals surface area contributed by atoms with Crippen molar-refractivity contribution in [3.05, 3.63) is 101 Å². The highest BCUT2D eigenvalue weighted by molar-refractivity contribution is 6.43. The van der Waals surface area contributed by atoms with Crippen molar-refractivity contribution in [1.82, 2.24) is 4.98 Å². The first kappa shape index (κ1) is 25.5. The molecule has 0 amide bonds. The number of rotatable bonds is 11. The Morgan fingerprint density at radius 1 is 0.919 bits per heavy atom. The molecule has 8 nitrogen and oxygen atoms in total. The molecule has 0 unspecified atom stereocenters. The number of carbonyl (C=O) groups excluding carboxylic acids is 1. The molecule has 0 bridgehead atoms. The largest absolute Gasteiger partial charge is 0.497 e. The number of nitrogens with zero attached hydrogens (tertiary/aromatic N) is 2. The SMILES string of the molecule is CCOC(=O)/C(=N\OCc1ccc(OCc2nc(-c3ccccc3)oc2C)cc1)c1ccc(OC)cc1. The van der Waals surface area contributed by atoms with E-state index in [0.717, 1.165) is 22.6 Å². The predicted molar refractivity (Wildman–Crippen MR) is 138 cm³/mol. The van der Waals surface area contributed by atoms with Crippen molar-refractivity contribution in [3.8, 4) is 23.0 Å². The van der Waals surface area contributed by atoms with E-state index in [-0.39, 0.29) is 25.5 Å². The third-order valence-electron chi connectivity index (χ3n) is 5.43. The topological polar surface area (TPSA) is 92.4 Å². The van der Waals surface area contributed by atoms with Crippen LogP contribution in [0.5, 0.6) is 11.5 Å². The Balaban J connectivity index is 1.35. The maximum absolute atomic E-state index is 12.4. The highest BCUT2D eigenvalue weighted by atomic mass is 16.6. The first-order valence-electron chi connectivity index (χ1n) is 11.8. The van der Waals surface area contributed by atoms with Gasteiger partial charge in [-0.2, -0.15) is 0 Å². The van der Waals surface area contributed by atoms with Crippen LogP contribution in [0.25, 0.3) is 11.5 Å². The Morgan fingerprint density at radius 3 is 2.30 bits per heavy atom. The summed E-state index contributed by atoms with van der Waals surface area (Å²) in [7, 11) is 1.58. The van der Waals surface area contributed by atoms with Gasteiger partial charge in [0.15, 0.2) is 5.71 Å². The maximum Gasteiger partial charge on any atom is 0.361 e. The van der Waals surface area contributed by atoms with E-state index in [1.807, 2.05) is 61.5 Å². The molecule has 8 heteroatoms. The summed E-state index contributed by atoms with van der Waals surface area (Å²) in [6.07, 6.45) is 0. The van der Waals surface area contributed by atoms with Crippen LogP contribution in [0.4, 0.5) is 0 Å². The molecule has 4 rings (SSSR count). The van der Waals surface area contributed by atoms with Gasteiger partial charge in [-0.15, -0.1) is 0 Å². The van der Waals surface area contributed by atoms with Crippen molar-refractivity contribution < 1.29 is 28.3 Å². The van der Waals surface area contributed by atoms with Crippen molar-refractivity contribution in [1.29, 1.82) is 0 Å². The zero-order valence-electron chi connectivity index (χ0n) is 21.0. The third-order valence-corrected chi connectivity index (χ3v) is 5.43. The molecule has 1 aromatic heterocycles. The number of oxazole rings is 1. The summed E-state index contributed by atoms with van der Waals surface area (Å²) in [6.45, 7) is 4.29. The summed E-state index contributed by atoms with van der Waals surface area (Å²) in [5.74, 6) is 2.08. The standard InChI is InChI=1S/C29H28N2O6/c1-4-34-29(32)27(22-12-16-24(33-3)17-13-22)31-36-18-21-10-14-25(15-11-21)35-19-26-20(2)37-28(30-26)23-8-6-5-7-9-23/h5-17H,4,18-19H2,1-3H3/b31-27-. The van der Waals surface area contributed by atoms with Crippen molar-refractivity contribution in [2.45, 2.75) is 27.1 Å². The van der Waals surface area contributed by atoms with Crippen molar-refractivity contribution in [2.24, 2.45) is 5.16 Å². The number of aromatic nitrogens is 1. The molecular formula is C29H28N2O6. The van der Waals surface area contributed by atoms with Gasteiger partial charge >= 0.3 is 5.97 Å². The quantitative estimate of drug-likeness (QED) is 0.148. The normalized spacial score (nSPS) is 11.2. The van der Waals surface area contributed by atoms with E-state index < -0.39 is 5.97 Å². The molecule has 0 fully saturated rings.